The van der Waals surface area contributed by atoms with E-state index in [9.17, 15) is 22.8 Å². The van der Waals surface area contributed by atoms with Crippen LogP contribution in [0.25, 0.3) is 0 Å². The summed E-state index contributed by atoms with van der Waals surface area (Å²) in [5, 5.41) is 11.1. The number of carbonyl (C=O) groups is 2. The topological polar surface area (TPSA) is 69.6 Å². The van der Waals surface area contributed by atoms with Gasteiger partial charge in [-0.3, -0.25) is 4.79 Å². The molecule has 20 heavy (non-hydrogen) atoms. The molecular formula is C12H19F3N2O3. The van der Waals surface area contributed by atoms with E-state index < -0.39 is 30.0 Å². The Bertz CT molecular complexity index is 360. The molecule has 2 atom stereocenters. The Labute approximate surface area is 115 Å². The number of hydrogen-bond donors (Lipinski definition) is 2. The molecule has 0 radical (unpaired) electrons. The van der Waals surface area contributed by atoms with Crippen LogP contribution in [0, 0.1) is 11.8 Å². The van der Waals surface area contributed by atoms with Crippen LogP contribution in [0.5, 0.6) is 0 Å². The molecule has 1 heterocycles. The van der Waals surface area contributed by atoms with Crippen LogP contribution in [0.3, 0.4) is 0 Å². The van der Waals surface area contributed by atoms with E-state index >= 15 is 0 Å². The second kappa shape index (κ2) is 6.81. The highest BCUT2D eigenvalue weighted by molar-refractivity contribution is 5.74. The first-order chi connectivity index (χ1) is 9.21. The molecule has 0 spiro atoms. The van der Waals surface area contributed by atoms with Crippen LogP contribution in [0.2, 0.25) is 0 Å². The predicted octanol–water partition coefficient (Wildman–Crippen LogP) is 2.08. The highest BCUT2D eigenvalue weighted by atomic mass is 19.4. The van der Waals surface area contributed by atoms with E-state index in [0.29, 0.717) is 13.0 Å². The van der Waals surface area contributed by atoms with Crippen molar-refractivity contribution in [2.75, 3.05) is 19.6 Å². The van der Waals surface area contributed by atoms with Gasteiger partial charge in [0.15, 0.2) is 0 Å². The third-order valence-electron chi connectivity index (χ3n) is 3.45. The van der Waals surface area contributed by atoms with Gasteiger partial charge >= 0.3 is 18.2 Å². The summed E-state index contributed by atoms with van der Waals surface area (Å²) < 4.78 is 37.8. The number of carbonyl (C=O) groups excluding carboxylic acids is 1. The lowest BCUT2D eigenvalue weighted by Gasteiger charge is -2.33. The summed E-state index contributed by atoms with van der Waals surface area (Å²) in [5.41, 5.74) is 0. The van der Waals surface area contributed by atoms with Crippen LogP contribution in [0.1, 0.15) is 26.2 Å². The van der Waals surface area contributed by atoms with E-state index in [2.05, 4.69) is 5.32 Å². The van der Waals surface area contributed by atoms with Gasteiger partial charge in [0.05, 0.1) is 11.8 Å². The molecule has 2 amide bonds. The van der Waals surface area contributed by atoms with E-state index in [1.54, 1.807) is 0 Å². The first-order valence-electron chi connectivity index (χ1n) is 6.54. The van der Waals surface area contributed by atoms with E-state index in [4.69, 9.17) is 5.11 Å². The number of rotatable bonds is 4. The van der Waals surface area contributed by atoms with E-state index in [1.807, 2.05) is 0 Å². The predicted molar refractivity (Wildman–Crippen MR) is 65.2 cm³/mol. The molecule has 0 aliphatic carbocycles. The fraction of sp³-hybridized carbons (Fsp3) is 0.833. The SMILES string of the molecule is CC(CCNC(=O)N1CCCC(C(F)(F)F)C1)C(=O)O. The highest BCUT2D eigenvalue weighted by Gasteiger charge is 2.42. The Balaban J connectivity index is 2.38. The van der Waals surface area contributed by atoms with Gasteiger partial charge in [0, 0.05) is 19.6 Å². The van der Waals surface area contributed by atoms with Gasteiger partial charge in [-0.15, -0.1) is 0 Å². The standard InChI is InChI=1S/C12H19F3N2O3/c1-8(10(18)19)4-5-16-11(20)17-6-2-3-9(7-17)12(13,14)15/h8-9H,2-7H2,1H3,(H,16,20)(H,18,19). The van der Waals surface area contributed by atoms with Crippen molar-refractivity contribution in [1.82, 2.24) is 10.2 Å². The molecule has 1 rings (SSSR count). The Kier molecular flexibility index (Phi) is 5.64. The number of aliphatic carboxylic acids is 1. The van der Waals surface area contributed by atoms with E-state index in [-0.39, 0.29) is 25.9 Å². The summed E-state index contributed by atoms with van der Waals surface area (Å²) in [6.45, 7) is 1.62. The highest BCUT2D eigenvalue weighted by Crippen LogP contribution is 2.32. The molecule has 0 aromatic rings. The number of nitrogens with zero attached hydrogens (tertiary/aromatic N) is 1. The lowest BCUT2D eigenvalue weighted by atomic mass is 9.98. The summed E-state index contributed by atoms with van der Waals surface area (Å²) in [6.07, 6.45) is -3.67. The Morgan fingerprint density at radius 1 is 1.45 bits per heavy atom. The van der Waals surface area contributed by atoms with Gasteiger partial charge in [0.2, 0.25) is 0 Å². The zero-order chi connectivity index (χ0) is 15.3. The fourth-order valence-electron chi connectivity index (χ4n) is 2.06. The second-order valence-electron chi connectivity index (χ2n) is 5.09. The summed E-state index contributed by atoms with van der Waals surface area (Å²) in [5.74, 6) is -3.03. The Morgan fingerprint density at radius 2 is 2.10 bits per heavy atom. The van der Waals surface area contributed by atoms with Crippen LogP contribution in [0.15, 0.2) is 0 Å². The fourth-order valence-corrected chi connectivity index (χ4v) is 2.06. The van der Waals surface area contributed by atoms with Crippen LogP contribution >= 0.6 is 0 Å². The zero-order valence-electron chi connectivity index (χ0n) is 11.2. The van der Waals surface area contributed by atoms with Crippen molar-refractivity contribution in [3.8, 4) is 0 Å². The van der Waals surface area contributed by atoms with Crippen molar-refractivity contribution in [3.63, 3.8) is 0 Å². The molecule has 5 nitrogen and oxygen atoms in total. The molecule has 1 aliphatic rings. The zero-order valence-corrected chi connectivity index (χ0v) is 11.2. The molecule has 0 saturated carbocycles. The van der Waals surface area contributed by atoms with Crippen molar-refractivity contribution in [2.45, 2.75) is 32.4 Å². The minimum absolute atomic E-state index is 0.0450. The number of hydrogen-bond acceptors (Lipinski definition) is 2. The summed E-state index contributed by atoms with van der Waals surface area (Å²) in [6, 6.07) is -0.559. The number of alkyl halides is 3. The Morgan fingerprint density at radius 3 is 2.65 bits per heavy atom. The smallest absolute Gasteiger partial charge is 0.393 e. The molecule has 1 saturated heterocycles. The lowest BCUT2D eigenvalue weighted by Crippen LogP contribution is -2.48. The summed E-state index contributed by atoms with van der Waals surface area (Å²) in [4.78, 5) is 23.4. The van der Waals surface area contributed by atoms with Gasteiger partial charge < -0.3 is 15.3 Å². The van der Waals surface area contributed by atoms with Gasteiger partial charge in [-0.25, -0.2) is 4.79 Å². The Hall–Kier alpha value is -1.47. The number of halogens is 3. The maximum absolute atomic E-state index is 12.6. The average Bonchev–Trinajstić information content (AvgIpc) is 2.37. The van der Waals surface area contributed by atoms with Crippen molar-refractivity contribution in [1.29, 1.82) is 0 Å². The lowest BCUT2D eigenvalue weighted by molar-refractivity contribution is -0.184. The summed E-state index contributed by atoms with van der Waals surface area (Å²) >= 11 is 0. The van der Waals surface area contributed by atoms with Crippen molar-refractivity contribution < 1.29 is 27.9 Å². The van der Waals surface area contributed by atoms with Crippen LogP contribution < -0.4 is 5.32 Å². The number of nitrogens with one attached hydrogen (secondary N) is 1. The van der Waals surface area contributed by atoms with Crippen LogP contribution in [-0.4, -0.2) is 47.8 Å². The minimum atomic E-state index is -4.28. The molecule has 2 N–H and O–H groups in total. The largest absolute Gasteiger partial charge is 0.481 e. The average molecular weight is 296 g/mol. The van der Waals surface area contributed by atoms with Crippen molar-refractivity contribution in [2.24, 2.45) is 11.8 Å². The minimum Gasteiger partial charge on any atom is -0.481 e. The molecule has 2 unspecified atom stereocenters. The molecular weight excluding hydrogens is 277 g/mol. The maximum Gasteiger partial charge on any atom is 0.393 e. The van der Waals surface area contributed by atoms with Gasteiger partial charge in [0.1, 0.15) is 0 Å². The van der Waals surface area contributed by atoms with E-state index in [0.717, 1.165) is 4.90 Å². The maximum atomic E-state index is 12.6. The second-order valence-corrected chi connectivity index (χ2v) is 5.09. The van der Waals surface area contributed by atoms with E-state index in [1.165, 1.54) is 6.92 Å². The number of carboxylic acids is 1. The molecule has 116 valence electrons. The molecule has 1 fully saturated rings. The molecule has 1 aliphatic heterocycles. The van der Waals surface area contributed by atoms with Gasteiger partial charge in [-0.05, 0) is 19.3 Å². The molecule has 0 aromatic heterocycles. The summed E-state index contributed by atoms with van der Waals surface area (Å²) in [7, 11) is 0. The quantitative estimate of drug-likeness (QED) is 0.834. The van der Waals surface area contributed by atoms with Crippen LogP contribution in [0.4, 0.5) is 18.0 Å². The van der Waals surface area contributed by atoms with Gasteiger partial charge in [-0.2, -0.15) is 13.2 Å². The van der Waals surface area contributed by atoms with Crippen molar-refractivity contribution >= 4 is 12.0 Å². The normalized spacial score (nSPS) is 21.4. The number of urea groups is 1. The third-order valence-corrected chi connectivity index (χ3v) is 3.45. The molecule has 8 heteroatoms. The number of likely N-dealkylation sites (tertiary alicyclic amines) is 1. The third kappa shape index (κ3) is 4.90. The van der Waals surface area contributed by atoms with Crippen LogP contribution in [-0.2, 0) is 4.79 Å². The monoisotopic (exact) mass is 296 g/mol. The first-order valence-corrected chi connectivity index (χ1v) is 6.54. The molecule has 0 bridgehead atoms. The van der Waals surface area contributed by atoms with Gasteiger partial charge in [-0.1, -0.05) is 6.92 Å². The number of amides is 2. The number of carboxylic acid groups (broad SMARTS) is 1. The van der Waals surface area contributed by atoms with Crippen molar-refractivity contribution in [3.05, 3.63) is 0 Å². The van der Waals surface area contributed by atoms with Gasteiger partial charge in [0.25, 0.3) is 0 Å². The number of piperidine rings is 1. The molecule has 0 aromatic carbocycles. The first kappa shape index (κ1) is 16.6.